The van der Waals surface area contributed by atoms with E-state index in [4.69, 9.17) is 0 Å². The van der Waals surface area contributed by atoms with Gasteiger partial charge in [0, 0.05) is 29.2 Å². The number of carbonyl (C=O) groups is 3. The number of nitrogens with zero attached hydrogens (tertiary/aromatic N) is 2. The van der Waals surface area contributed by atoms with Gasteiger partial charge in [-0.2, -0.15) is 0 Å². The van der Waals surface area contributed by atoms with E-state index in [1.54, 1.807) is 30.5 Å². The minimum Gasteiger partial charge on any atom is -0.311 e. The molecule has 30 heavy (non-hydrogen) atoms. The minimum absolute atomic E-state index is 0.180. The van der Waals surface area contributed by atoms with E-state index in [0.29, 0.717) is 23.4 Å². The second-order valence-electron chi connectivity index (χ2n) is 6.90. The minimum atomic E-state index is -0.324. The lowest BCUT2D eigenvalue weighted by Gasteiger charge is -2.13. The number of fused-ring (bicyclic) bond motifs is 1. The van der Waals surface area contributed by atoms with E-state index in [2.05, 4.69) is 26.2 Å². The molecule has 0 saturated carbocycles. The third kappa shape index (κ3) is 4.16. The highest BCUT2D eigenvalue weighted by molar-refractivity contribution is 9.10. The molecule has 1 aromatic heterocycles. The Hall–Kier alpha value is -3.32. The molecule has 6 nitrogen and oxygen atoms in total. The lowest BCUT2D eigenvalue weighted by Crippen LogP contribution is -2.31. The highest BCUT2D eigenvalue weighted by Crippen LogP contribution is 2.26. The molecule has 150 valence electrons. The number of rotatable bonds is 6. The standard InChI is InChI=1S/C23H18BrN3O3/c24-17-9-10-18-19(13-17)23(30)27(22(18)29)12-4-7-21(28)26-20-11-8-16(14-25-20)15-5-2-1-3-6-15/h1-3,5-6,8-11,13-14H,4,7,12H2,(H,25,26,28). The first-order valence-corrected chi connectivity index (χ1v) is 10.3. The van der Waals surface area contributed by atoms with Crippen LogP contribution in [0.1, 0.15) is 33.6 Å². The molecule has 0 radical (unpaired) electrons. The number of benzene rings is 2. The Balaban J connectivity index is 1.29. The SMILES string of the molecule is O=C(CCCN1C(=O)c2ccc(Br)cc2C1=O)Nc1ccc(-c2ccccc2)cn1. The Bertz CT molecular complexity index is 1110. The third-order valence-corrected chi connectivity index (χ3v) is 5.35. The number of halogens is 1. The predicted octanol–water partition coefficient (Wildman–Crippen LogP) is 4.53. The average molecular weight is 464 g/mol. The van der Waals surface area contributed by atoms with E-state index in [1.165, 1.54) is 4.90 Å². The van der Waals surface area contributed by atoms with Crippen molar-refractivity contribution in [1.82, 2.24) is 9.88 Å². The summed E-state index contributed by atoms with van der Waals surface area (Å²) in [5, 5.41) is 2.75. The van der Waals surface area contributed by atoms with Crippen LogP contribution in [0.15, 0.2) is 71.3 Å². The molecule has 3 amide bonds. The van der Waals surface area contributed by atoms with Gasteiger partial charge in [0.25, 0.3) is 11.8 Å². The second kappa shape index (κ2) is 8.59. The number of anilines is 1. The normalized spacial score (nSPS) is 12.8. The fraction of sp³-hybridized carbons (Fsp3) is 0.130. The van der Waals surface area contributed by atoms with Crippen molar-refractivity contribution in [3.8, 4) is 11.1 Å². The van der Waals surface area contributed by atoms with E-state index in [9.17, 15) is 14.4 Å². The number of hydrogen-bond acceptors (Lipinski definition) is 4. The summed E-state index contributed by atoms with van der Waals surface area (Å²) in [4.78, 5) is 42.6. The van der Waals surface area contributed by atoms with E-state index < -0.39 is 0 Å². The summed E-state index contributed by atoms with van der Waals surface area (Å²) in [7, 11) is 0. The summed E-state index contributed by atoms with van der Waals surface area (Å²) < 4.78 is 0.745. The highest BCUT2D eigenvalue weighted by Gasteiger charge is 2.35. The van der Waals surface area contributed by atoms with Crippen molar-refractivity contribution >= 4 is 39.5 Å². The van der Waals surface area contributed by atoms with Crippen LogP contribution in [0.3, 0.4) is 0 Å². The highest BCUT2D eigenvalue weighted by atomic mass is 79.9. The van der Waals surface area contributed by atoms with Crippen LogP contribution in [-0.4, -0.2) is 34.2 Å². The van der Waals surface area contributed by atoms with E-state index >= 15 is 0 Å². The van der Waals surface area contributed by atoms with Gasteiger partial charge in [0.2, 0.25) is 5.91 Å². The van der Waals surface area contributed by atoms with Crippen LogP contribution in [0.4, 0.5) is 5.82 Å². The zero-order valence-electron chi connectivity index (χ0n) is 16.0. The molecule has 0 bridgehead atoms. The first-order valence-electron chi connectivity index (χ1n) is 9.50. The van der Waals surface area contributed by atoms with Crippen LogP contribution in [0.5, 0.6) is 0 Å². The smallest absolute Gasteiger partial charge is 0.261 e. The largest absolute Gasteiger partial charge is 0.311 e. The number of imide groups is 1. The van der Waals surface area contributed by atoms with Crippen molar-refractivity contribution in [3.05, 3.63) is 82.5 Å². The van der Waals surface area contributed by atoms with Gasteiger partial charge in [-0.3, -0.25) is 19.3 Å². The van der Waals surface area contributed by atoms with Crippen molar-refractivity contribution in [3.63, 3.8) is 0 Å². The van der Waals surface area contributed by atoms with Crippen LogP contribution >= 0.6 is 15.9 Å². The summed E-state index contributed by atoms with van der Waals surface area (Å²) in [6.45, 7) is 0.192. The molecule has 7 heteroatoms. The number of carbonyl (C=O) groups excluding carboxylic acids is 3. The molecule has 4 rings (SSSR count). The van der Waals surface area contributed by atoms with Crippen LogP contribution < -0.4 is 5.32 Å². The van der Waals surface area contributed by atoms with Crippen LogP contribution in [-0.2, 0) is 4.79 Å². The molecule has 0 atom stereocenters. The van der Waals surface area contributed by atoms with Gasteiger partial charge in [0.15, 0.2) is 0 Å². The summed E-state index contributed by atoms with van der Waals surface area (Å²) in [6.07, 6.45) is 2.27. The number of amides is 3. The van der Waals surface area contributed by atoms with Crippen molar-refractivity contribution in [2.45, 2.75) is 12.8 Å². The van der Waals surface area contributed by atoms with Crippen molar-refractivity contribution in [2.75, 3.05) is 11.9 Å². The topological polar surface area (TPSA) is 79.4 Å². The van der Waals surface area contributed by atoms with Gasteiger partial charge in [0.05, 0.1) is 11.1 Å². The van der Waals surface area contributed by atoms with Gasteiger partial charge in [-0.25, -0.2) is 4.98 Å². The van der Waals surface area contributed by atoms with E-state index in [0.717, 1.165) is 15.6 Å². The molecule has 3 aromatic rings. The van der Waals surface area contributed by atoms with Gasteiger partial charge in [-0.15, -0.1) is 0 Å². The van der Waals surface area contributed by atoms with Gasteiger partial charge >= 0.3 is 0 Å². The molecule has 0 unspecified atom stereocenters. The number of aromatic nitrogens is 1. The van der Waals surface area contributed by atoms with E-state index in [1.807, 2.05) is 36.4 Å². The molecule has 1 aliphatic rings. The molecular formula is C23H18BrN3O3. The van der Waals surface area contributed by atoms with Crippen molar-refractivity contribution < 1.29 is 14.4 Å². The Labute approximate surface area is 182 Å². The molecular weight excluding hydrogens is 446 g/mol. The molecule has 1 N–H and O–H groups in total. The molecule has 0 fully saturated rings. The Morgan fingerprint density at radius 2 is 1.70 bits per heavy atom. The fourth-order valence-electron chi connectivity index (χ4n) is 3.34. The summed E-state index contributed by atoms with van der Waals surface area (Å²) >= 11 is 3.31. The lowest BCUT2D eigenvalue weighted by molar-refractivity contribution is -0.116. The Kier molecular flexibility index (Phi) is 5.72. The molecule has 2 aromatic carbocycles. The maximum Gasteiger partial charge on any atom is 0.261 e. The van der Waals surface area contributed by atoms with Crippen LogP contribution in [0.2, 0.25) is 0 Å². The van der Waals surface area contributed by atoms with Gasteiger partial charge in [-0.05, 0) is 42.3 Å². The van der Waals surface area contributed by atoms with Crippen LogP contribution in [0.25, 0.3) is 11.1 Å². The number of nitrogens with one attached hydrogen (secondary N) is 1. The van der Waals surface area contributed by atoms with Crippen molar-refractivity contribution in [2.24, 2.45) is 0 Å². The first kappa shape index (κ1) is 20.0. The molecule has 2 heterocycles. The average Bonchev–Trinajstić information content (AvgIpc) is 2.99. The zero-order chi connectivity index (χ0) is 21.1. The Morgan fingerprint density at radius 3 is 2.43 bits per heavy atom. The second-order valence-corrected chi connectivity index (χ2v) is 7.82. The maximum absolute atomic E-state index is 12.4. The molecule has 0 spiro atoms. The van der Waals surface area contributed by atoms with Gasteiger partial charge in [0.1, 0.15) is 5.82 Å². The molecule has 0 saturated heterocycles. The molecule has 0 aliphatic carbocycles. The van der Waals surface area contributed by atoms with Crippen molar-refractivity contribution in [1.29, 1.82) is 0 Å². The number of pyridine rings is 1. The zero-order valence-corrected chi connectivity index (χ0v) is 17.6. The quantitative estimate of drug-likeness (QED) is 0.544. The van der Waals surface area contributed by atoms with Gasteiger partial charge in [-0.1, -0.05) is 46.3 Å². The number of hydrogen-bond donors (Lipinski definition) is 1. The molecule has 1 aliphatic heterocycles. The van der Waals surface area contributed by atoms with Crippen LogP contribution in [0, 0.1) is 0 Å². The summed E-state index contributed by atoms with van der Waals surface area (Å²) in [5.74, 6) is -0.393. The maximum atomic E-state index is 12.4. The lowest BCUT2D eigenvalue weighted by atomic mass is 10.1. The Morgan fingerprint density at radius 1 is 0.933 bits per heavy atom. The van der Waals surface area contributed by atoms with Gasteiger partial charge < -0.3 is 5.32 Å². The predicted molar refractivity (Wildman–Crippen MR) is 117 cm³/mol. The first-order chi connectivity index (χ1) is 14.5. The summed E-state index contributed by atoms with van der Waals surface area (Å²) in [6, 6.07) is 18.5. The third-order valence-electron chi connectivity index (χ3n) is 4.86. The monoisotopic (exact) mass is 463 g/mol. The van der Waals surface area contributed by atoms with E-state index in [-0.39, 0.29) is 30.7 Å². The fourth-order valence-corrected chi connectivity index (χ4v) is 3.70. The summed E-state index contributed by atoms with van der Waals surface area (Å²) in [5.41, 5.74) is 2.80.